The van der Waals surface area contributed by atoms with Crippen molar-refractivity contribution in [2.45, 2.75) is 84.0 Å². The first-order valence-corrected chi connectivity index (χ1v) is 13.4. The van der Waals surface area contributed by atoms with Crippen molar-refractivity contribution in [3.05, 3.63) is 95.1 Å². The summed E-state index contributed by atoms with van der Waals surface area (Å²) in [5.41, 5.74) is 3.63. The van der Waals surface area contributed by atoms with Gasteiger partial charge < -0.3 is 14.2 Å². The van der Waals surface area contributed by atoms with Crippen LogP contribution in [-0.4, -0.2) is 12.1 Å². The minimum absolute atomic E-state index is 0.121. The molecule has 0 saturated carbocycles. The normalized spacial score (nSPS) is 17.4. The summed E-state index contributed by atoms with van der Waals surface area (Å²) >= 11 is 0. The van der Waals surface area contributed by atoms with Gasteiger partial charge in [0.2, 0.25) is 0 Å². The quantitative estimate of drug-likeness (QED) is 0.331. The zero-order valence-corrected chi connectivity index (χ0v) is 21.4. The van der Waals surface area contributed by atoms with Gasteiger partial charge in [-0.15, -0.1) is 0 Å². The number of cyclic esters (lactones) is 1. The van der Waals surface area contributed by atoms with E-state index in [4.69, 9.17) is 14.2 Å². The highest BCUT2D eigenvalue weighted by atomic mass is 16.5. The Morgan fingerprint density at radius 3 is 2.00 bits per heavy atom. The van der Waals surface area contributed by atoms with Crippen molar-refractivity contribution in [1.29, 1.82) is 0 Å². The number of benzene rings is 3. The van der Waals surface area contributed by atoms with Crippen LogP contribution < -0.4 is 9.47 Å². The van der Waals surface area contributed by atoms with Gasteiger partial charge in [0.25, 0.3) is 0 Å². The Hall–Kier alpha value is -3.27. The van der Waals surface area contributed by atoms with Gasteiger partial charge in [0.15, 0.2) is 0 Å². The first-order valence-electron chi connectivity index (χ1n) is 13.4. The molecule has 0 bridgehead atoms. The van der Waals surface area contributed by atoms with Crippen LogP contribution in [-0.2, 0) is 24.4 Å². The van der Waals surface area contributed by atoms with Crippen LogP contribution in [0.15, 0.2) is 72.8 Å². The molecule has 0 radical (unpaired) electrons. The number of hydrogen-bond acceptors (Lipinski definition) is 4. The van der Waals surface area contributed by atoms with Crippen LogP contribution in [0.1, 0.15) is 85.3 Å². The standard InChI is InChI=1S/C32H38O4/c1-25-15-9-5-3-2-4-6-14-20-28-21-29(34-23-26-16-10-7-11-17-26)22-30(31(28)32(33)36-25)35-24-27-18-12-8-13-19-27/h7-8,10-13,16-19,21-22,25H,2-6,9,14-15,20,23-24H2,1H3/t25-/m0/s1. The predicted molar refractivity (Wildman–Crippen MR) is 144 cm³/mol. The zero-order valence-electron chi connectivity index (χ0n) is 21.4. The van der Waals surface area contributed by atoms with Gasteiger partial charge in [-0.3, -0.25) is 0 Å². The van der Waals surface area contributed by atoms with E-state index in [1.165, 1.54) is 25.7 Å². The minimum Gasteiger partial charge on any atom is -0.489 e. The summed E-state index contributed by atoms with van der Waals surface area (Å²) in [7, 11) is 0. The van der Waals surface area contributed by atoms with Crippen LogP contribution in [0.25, 0.3) is 0 Å². The van der Waals surface area contributed by atoms with E-state index in [0.29, 0.717) is 30.3 Å². The Balaban J connectivity index is 1.64. The molecule has 190 valence electrons. The van der Waals surface area contributed by atoms with Gasteiger partial charge in [0, 0.05) is 6.07 Å². The number of carbonyl (C=O) groups is 1. The van der Waals surface area contributed by atoms with Crippen LogP contribution in [0.2, 0.25) is 0 Å². The van der Waals surface area contributed by atoms with Gasteiger partial charge in [-0.05, 0) is 55.4 Å². The second-order valence-corrected chi connectivity index (χ2v) is 9.73. The number of ether oxygens (including phenoxy) is 3. The summed E-state index contributed by atoms with van der Waals surface area (Å²) in [5.74, 6) is 0.943. The van der Waals surface area contributed by atoms with Crippen molar-refractivity contribution >= 4 is 5.97 Å². The van der Waals surface area contributed by atoms with E-state index in [1.54, 1.807) is 0 Å². The highest BCUT2D eigenvalue weighted by molar-refractivity contribution is 5.94. The lowest BCUT2D eigenvalue weighted by molar-refractivity contribution is 0.0313. The first kappa shape index (κ1) is 25.8. The molecule has 0 aromatic heterocycles. The Morgan fingerprint density at radius 1 is 0.750 bits per heavy atom. The molecule has 1 aliphatic heterocycles. The fourth-order valence-electron chi connectivity index (χ4n) is 4.68. The average molecular weight is 487 g/mol. The van der Waals surface area contributed by atoms with Gasteiger partial charge in [-0.1, -0.05) is 92.8 Å². The highest BCUT2D eigenvalue weighted by Crippen LogP contribution is 2.33. The van der Waals surface area contributed by atoms with E-state index in [-0.39, 0.29) is 12.1 Å². The van der Waals surface area contributed by atoms with Gasteiger partial charge in [-0.2, -0.15) is 0 Å². The van der Waals surface area contributed by atoms with E-state index in [9.17, 15) is 4.79 Å². The summed E-state index contributed by atoms with van der Waals surface area (Å²) in [4.78, 5) is 13.5. The fraction of sp³-hybridized carbons (Fsp3) is 0.406. The average Bonchev–Trinajstić information content (AvgIpc) is 2.90. The van der Waals surface area contributed by atoms with E-state index in [0.717, 1.165) is 48.8 Å². The molecule has 3 aromatic carbocycles. The molecule has 1 heterocycles. The molecule has 0 unspecified atom stereocenters. The van der Waals surface area contributed by atoms with Crippen LogP contribution in [0.3, 0.4) is 0 Å². The first-order chi connectivity index (χ1) is 17.7. The van der Waals surface area contributed by atoms with Crippen molar-refractivity contribution < 1.29 is 19.0 Å². The third-order valence-electron chi connectivity index (χ3n) is 6.71. The van der Waals surface area contributed by atoms with Gasteiger partial charge >= 0.3 is 5.97 Å². The van der Waals surface area contributed by atoms with Crippen molar-refractivity contribution in [3.8, 4) is 11.5 Å². The molecule has 0 saturated heterocycles. The summed E-state index contributed by atoms with van der Waals surface area (Å²) in [6.07, 6.45) is 9.79. The lowest BCUT2D eigenvalue weighted by Crippen LogP contribution is -2.18. The van der Waals surface area contributed by atoms with Gasteiger partial charge in [0.1, 0.15) is 30.3 Å². The maximum Gasteiger partial charge on any atom is 0.342 e. The molecule has 3 aromatic rings. The van der Waals surface area contributed by atoms with E-state index >= 15 is 0 Å². The van der Waals surface area contributed by atoms with E-state index in [1.807, 2.05) is 79.7 Å². The predicted octanol–water partition coefficient (Wildman–Crippen LogP) is 8.07. The third kappa shape index (κ3) is 7.87. The minimum atomic E-state index is -0.299. The molecule has 0 aliphatic carbocycles. The van der Waals surface area contributed by atoms with E-state index in [2.05, 4.69) is 0 Å². The molecule has 1 aliphatic rings. The fourth-order valence-corrected chi connectivity index (χ4v) is 4.68. The molecule has 4 heteroatoms. The molecule has 0 amide bonds. The van der Waals surface area contributed by atoms with Crippen molar-refractivity contribution in [2.75, 3.05) is 0 Å². The van der Waals surface area contributed by atoms with Crippen LogP contribution in [0.4, 0.5) is 0 Å². The maximum atomic E-state index is 13.5. The number of fused-ring (bicyclic) bond motifs is 1. The van der Waals surface area contributed by atoms with Crippen molar-refractivity contribution in [1.82, 2.24) is 0 Å². The Labute approximate surface area is 215 Å². The Bertz CT molecular complexity index is 1080. The van der Waals surface area contributed by atoms with Crippen LogP contribution in [0.5, 0.6) is 11.5 Å². The van der Waals surface area contributed by atoms with Crippen LogP contribution >= 0.6 is 0 Å². The molecule has 0 spiro atoms. The topological polar surface area (TPSA) is 44.8 Å². The maximum absolute atomic E-state index is 13.5. The van der Waals surface area contributed by atoms with Crippen molar-refractivity contribution in [3.63, 3.8) is 0 Å². The molecule has 0 fully saturated rings. The molecule has 4 rings (SSSR count). The Morgan fingerprint density at radius 2 is 1.33 bits per heavy atom. The van der Waals surface area contributed by atoms with Gasteiger partial charge in [-0.25, -0.2) is 4.79 Å². The van der Waals surface area contributed by atoms with E-state index < -0.39 is 0 Å². The second-order valence-electron chi connectivity index (χ2n) is 9.73. The largest absolute Gasteiger partial charge is 0.489 e. The second kappa shape index (κ2) is 13.7. The number of esters is 1. The lowest BCUT2D eigenvalue weighted by atomic mass is 9.98. The Kier molecular flexibility index (Phi) is 9.84. The van der Waals surface area contributed by atoms with Gasteiger partial charge in [0.05, 0.1) is 6.10 Å². The highest BCUT2D eigenvalue weighted by Gasteiger charge is 2.23. The lowest BCUT2D eigenvalue weighted by Gasteiger charge is -2.20. The third-order valence-corrected chi connectivity index (χ3v) is 6.71. The number of aryl methyl sites for hydroxylation is 1. The number of hydrogen-bond donors (Lipinski definition) is 0. The zero-order chi connectivity index (χ0) is 25.0. The summed E-state index contributed by atoms with van der Waals surface area (Å²) in [5, 5.41) is 0. The number of rotatable bonds is 6. The molecular formula is C32H38O4. The SMILES string of the molecule is C[C@H]1CCCCCCCCCc2cc(OCc3ccccc3)cc(OCc3ccccc3)c2C(=O)O1. The number of carbonyl (C=O) groups excluding carboxylic acids is 1. The van der Waals surface area contributed by atoms with Crippen molar-refractivity contribution in [2.24, 2.45) is 0 Å². The summed E-state index contributed by atoms with van der Waals surface area (Å²) < 4.78 is 18.4. The summed E-state index contributed by atoms with van der Waals surface area (Å²) in [6, 6.07) is 24.0. The molecule has 36 heavy (non-hydrogen) atoms. The molecule has 1 atom stereocenters. The molecule has 4 nitrogen and oxygen atoms in total. The smallest absolute Gasteiger partial charge is 0.342 e. The van der Waals surface area contributed by atoms with Crippen LogP contribution in [0, 0.1) is 0 Å². The summed E-state index contributed by atoms with van der Waals surface area (Å²) in [6.45, 7) is 2.82. The molecular weight excluding hydrogens is 448 g/mol. The monoisotopic (exact) mass is 486 g/mol. The molecule has 0 N–H and O–H groups in total.